The highest BCUT2D eigenvalue weighted by molar-refractivity contribution is 7.21. The van der Waals surface area contributed by atoms with Gasteiger partial charge in [-0.25, -0.2) is 0 Å². The minimum atomic E-state index is 0.215. The van der Waals surface area contributed by atoms with Crippen LogP contribution in [-0.2, 0) is 0 Å². The molecule has 94 valence electrons. The fourth-order valence-corrected chi connectivity index (χ4v) is 3.20. The van der Waals surface area contributed by atoms with Crippen molar-refractivity contribution in [3.05, 3.63) is 64.5 Å². The van der Waals surface area contributed by atoms with Crippen LogP contribution >= 0.6 is 11.3 Å². The quantitative estimate of drug-likeness (QED) is 0.667. The Morgan fingerprint density at radius 3 is 2.63 bits per heavy atom. The molecule has 1 aromatic heterocycles. The fraction of sp³-hybridized carbons (Fsp3) is 0.0625. The van der Waals surface area contributed by atoms with Gasteiger partial charge in [0.2, 0.25) is 0 Å². The molecule has 2 nitrogen and oxygen atoms in total. The van der Waals surface area contributed by atoms with E-state index >= 15 is 0 Å². The van der Waals surface area contributed by atoms with Crippen molar-refractivity contribution < 1.29 is 5.11 Å². The molecule has 3 heteroatoms. The van der Waals surface area contributed by atoms with Crippen molar-refractivity contribution >= 4 is 27.1 Å². The lowest BCUT2D eigenvalue weighted by Crippen LogP contribution is -1.99. The first-order chi connectivity index (χ1) is 9.16. The minimum Gasteiger partial charge on any atom is -0.506 e. The summed E-state index contributed by atoms with van der Waals surface area (Å²) in [6.45, 7) is 2.00. The van der Waals surface area contributed by atoms with E-state index < -0.39 is 0 Å². The van der Waals surface area contributed by atoms with Crippen LogP contribution in [0.1, 0.15) is 16.0 Å². The molecular weight excluding hydrogens is 254 g/mol. The molecular formula is C16H13NOS. The molecule has 2 aromatic carbocycles. The first-order valence-electron chi connectivity index (χ1n) is 6.03. The van der Waals surface area contributed by atoms with E-state index in [-0.39, 0.29) is 5.75 Å². The number of nitrogens with one attached hydrogen (secondary N) is 1. The van der Waals surface area contributed by atoms with E-state index in [1.165, 1.54) is 11.3 Å². The summed E-state index contributed by atoms with van der Waals surface area (Å²) in [5.74, 6) is 0.215. The molecule has 0 radical (unpaired) electrons. The van der Waals surface area contributed by atoms with E-state index in [9.17, 15) is 5.11 Å². The van der Waals surface area contributed by atoms with Gasteiger partial charge in [0.05, 0.1) is 10.6 Å². The predicted molar refractivity (Wildman–Crippen MR) is 80.6 cm³/mol. The Balaban J connectivity index is 2.14. The van der Waals surface area contributed by atoms with Gasteiger partial charge in [0, 0.05) is 15.6 Å². The zero-order valence-corrected chi connectivity index (χ0v) is 11.3. The maximum atomic E-state index is 10.3. The van der Waals surface area contributed by atoms with Gasteiger partial charge in [0.15, 0.2) is 0 Å². The monoisotopic (exact) mass is 267 g/mol. The molecule has 0 spiro atoms. The summed E-state index contributed by atoms with van der Waals surface area (Å²) in [6, 6.07) is 15.5. The number of rotatable bonds is 2. The zero-order chi connectivity index (χ0) is 13.4. The van der Waals surface area contributed by atoms with Crippen LogP contribution in [0.25, 0.3) is 10.1 Å². The van der Waals surface area contributed by atoms with Crippen LogP contribution in [0.2, 0.25) is 0 Å². The smallest absolute Gasteiger partial charge is 0.143 e. The molecule has 0 atom stereocenters. The highest BCUT2D eigenvalue weighted by Gasteiger charge is 2.16. The Hall–Kier alpha value is -2.13. The van der Waals surface area contributed by atoms with Crippen LogP contribution in [0.4, 0.5) is 0 Å². The lowest BCUT2D eigenvalue weighted by molar-refractivity contribution is 0.482. The molecule has 0 aliphatic rings. The van der Waals surface area contributed by atoms with E-state index in [2.05, 4.69) is 0 Å². The van der Waals surface area contributed by atoms with Crippen molar-refractivity contribution in [2.45, 2.75) is 6.92 Å². The maximum Gasteiger partial charge on any atom is 0.143 e. The predicted octanol–water partition coefficient (Wildman–Crippen LogP) is 4.33. The van der Waals surface area contributed by atoms with Crippen molar-refractivity contribution in [2.75, 3.05) is 0 Å². The lowest BCUT2D eigenvalue weighted by Gasteiger charge is -2.03. The van der Waals surface area contributed by atoms with Gasteiger partial charge in [-0.15, -0.1) is 11.3 Å². The molecule has 1 heterocycles. The van der Waals surface area contributed by atoms with Crippen molar-refractivity contribution in [3.63, 3.8) is 0 Å². The van der Waals surface area contributed by atoms with Crippen LogP contribution in [0.15, 0.2) is 48.5 Å². The third-order valence-electron chi connectivity index (χ3n) is 3.10. The highest BCUT2D eigenvalue weighted by Crippen LogP contribution is 2.37. The topological polar surface area (TPSA) is 44.1 Å². The van der Waals surface area contributed by atoms with Gasteiger partial charge < -0.3 is 5.11 Å². The normalized spacial score (nSPS) is 10.8. The van der Waals surface area contributed by atoms with E-state index in [0.29, 0.717) is 10.6 Å². The number of benzene rings is 2. The van der Waals surface area contributed by atoms with Crippen molar-refractivity contribution in [2.24, 2.45) is 0 Å². The standard InChI is InChI=1S/C16H13NOS/c1-10-5-4-6-11(9-10)14(17)16-15(18)12-7-2-3-8-13(12)19-16/h2-9,17-18H,1H3. The molecule has 19 heavy (non-hydrogen) atoms. The molecule has 0 aliphatic heterocycles. The average molecular weight is 267 g/mol. The first kappa shape index (κ1) is 11.9. The van der Waals surface area contributed by atoms with E-state index in [4.69, 9.17) is 5.41 Å². The Labute approximate surface area is 115 Å². The van der Waals surface area contributed by atoms with Gasteiger partial charge >= 0.3 is 0 Å². The Kier molecular flexibility index (Phi) is 2.84. The SMILES string of the molecule is Cc1cccc(C(=N)c2sc3ccccc3c2O)c1. The summed E-state index contributed by atoms with van der Waals surface area (Å²) in [5.41, 5.74) is 2.33. The van der Waals surface area contributed by atoms with Crippen LogP contribution in [0.5, 0.6) is 5.75 Å². The molecule has 0 bridgehead atoms. The first-order valence-corrected chi connectivity index (χ1v) is 6.85. The van der Waals surface area contributed by atoms with Crippen molar-refractivity contribution in [1.29, 1.82) is 5.41 Å². The Morgan fingerprint density at radius 1 is 1.11 bits per heavy atom. The molecule has 0 unspecified atom stereocenters. The number of hydrogen-bond donors (Lipinski definition) is 2. The third-order valence-corrected chi connectivity index (χ3v) is 4.28. The van der Waals surface area contributed by atoms with E-state index in [1.54, 1.807) is 0 Å². The number of thiophene rings is 1. The van der Waals surface area contributed by atoms with Gasteiger partial charge in [0.1, 0.15) is 5.75 Å². The Morgan fingerprint density at radius 2 is 1.89 bits per heavy atom. The summed E-state index contributed by atoms with van der Waals surface area (Å²) in [7, 11) is 0. The molecule has 3 rings (SSSR count). The summed E-state index contributed by atoms with van der Waals surface area (Å²) >= 11 is 1.46. The molecule has 2 N–H and O–H groups in total. The fourth-order valence-electron chi connectivity index (χ4n) is 2.13. The summed E-state index contributed by atoms with van der Waals surface area (Å²) in [5, 5.41) is 19.4. The number of hydrogen-bond acceptors (Lipinski definition) is 3. The third kappa shape index (κ3) is 2.02. The van der Waals surface area contributed by atoms with Crippen LogP contribution in [0, 0.1) is 12.3 Å². The van der Waals surface area contributed by atoms with Crippen LogP contribution in [-0.4, -0.2) is 10.8 Å². The largest absolute Gasteiger partial charge is 0.506 e. The molecule has 0 fully saturated rings. The van der Waals surface area contributed by atoms with Gasteiger partial charge in [-0.2, -0.15) is 0 Å². The number of fused-ring (bicyclic) bond motifs is 1. The zero-order valence-electron chi connectivity index (χ0n) is 10.5. The summed E-state index contributed by atoms with van der Waals surface area (Å²) in [6.07, 6.45) is 0. The van der Waals surface area contributed by atoms with Crippen molar-refractivity contribution in [1.82, 2.24) is 0 Å². The van der Waals surface area contributed by atoms with Crippen molar-refractivity contribution in [3.8, 4) is 5.75 Å². The Bertz CT molecular complexity index is 773. The van der Waals surface area contributed by atoms with Gasteiger partial charge in [-0.3, -0.25) is 5.41 Å². The average Bonchev–Trinajstić information content (AvgIpc) is 2.76. The second-order valence-electron chi connectivity index (χ2n) is 4.52. The molecule has 0 amide bonds. The van der Waals surface area contributed by atoms with E-state index in [1.807, 2.05) is 55.5 Å². The number of aromatic hydroxyl groups is 1. The molecule has 0 saturated carbocycles. The van der Waals surface area contributed by atoms with Gasteiger partial charge in [-0.05, 0) is 25.1 Å². The van der Waals surface area contributed by atoms with Gasteiger partial charge in [-0.1, -0.05) is 35.9 Å². The number of aryl methyl sites for hydroxylation is 1. The van der Waals surface area contributed by atoms with Crippen LogP contribution in [0.3, 0.4) is 0 Å². The van der Waals surface area contributed by atoms with Gasteiger partial charge in [0.25, 0.3) is 0 Å². The van der Waals surface area contributed by atoms with Crippen LogP contribution < -0.4 is 0 Å². The summed E-state index contributed by atoms with van der Waals surface area (Å²) in [4.78, 5) is 0.631. The minimum absolute atomic E-state index is 0.215. The second kappa shape index (κ2) is 4.52. The maximum absolute atomic E-state index is 10.3. The highest BCUT2D eigenvalue weighted by atomic mass is 32.1. The molecule has 0 aliphatic carbocycles. The second-order valence-corrected chi connectivity index (χ2v) is 5.57. The van der Waals surface area contributed by atoms with E-state index in [0.717, 1.165) is 21.2 Å². The molecule has 3 aromatic rings. The lowest BCUT2D eigenvalue weighted by atomic mass is 10.1. The summed E-state index contributed by atoms with van der Waals surface area (Å²) < 4.78 is 1.01. The molecule has 0 saturated heterocycles.